The Morgan fingerprint density at radius 3 is 2.23 bits per heavy atom. The van der Waals surface area contributed by atoms with E-state index >= 15 is 0 Å². The summed E-state index contributed by atoms with van der Waals surface area (Å²) in [4.78, 5) is 24.4. The number of ether oxygens (including phenoxy) is 3. The summed E-state index contributed by atoms with van der Waals surface area (Å²) in [5.74, 6) is 1.28. The van der Waals surface area contributed by atoms with Crippen molar-refractivity contribution >= 4 is 21.8 Å². The molecule has 0 fully saturated rings. The van der Waals surface area contributed by atoms with Crippen molar-refractivity contribution in [2.75, 3.05) is 26.4 Å². The summed E-state index contributed by atoms with van der Waals surface area (Å²) in [6.07, 6.45) is 3.29. The zero-order valence-corrected chi connectivity index (χ0v) is 19.3. The Balaban J connectivity index is 1.98. The number of aromatic nitrogens is 1. The number of hydrogen-bond acceptors (Lipinski definition) is 5. The van der Waals surface area contributed by atoms with Gasteiger partial charge in [-0.1, -0.05) is 0 Å². The van der Waals surface area contributed by atoms with Gasteiger partial charge in [-0.15, -0.1) is 0 Å². The number of benzene rings is 1. The van der Waals surface area contributed by atoms with Gasteiger partial charge in [-0.3, -0.25) is 9.59 Å². The lowest BCUT2D eigenvalue weighted by atomic mass is 10.1. The number of halogens is 1. The second-order valence-electron chi connectivity index (χ2n) is 6.44. The molecule has 8 heteroatoms. The fourth-order valence-corrected chi connectivity index (χ4v) is 3.29. The van der Waals surface area contributed by atoms with Crippen molar-refractivity contribution in [2.45, 2.75) is 40.2 Å². The maximum Gasteiger partial charge on any atom is 0.251 e. The van der Waals surface area contributed by atoms with Crippen molar-refractivity contribution in [3.8, 4) is 17.2 Å². The van der Waals surface area contributed by atoms with E-state index in [0.29, 0.717) is 55.7 Å². The van der Waals surface area contributed by atoms with Crippen LogP contribution in [0, 0.1) is 0 Å². The minimum Gasteiger partial charge on any atom is -0.490 e. The molecule has 0 saturated heterocycles. The number of aryl methyl sites for hydroxylation is 1. The van der Waals surface area contributed by atoms with E-state index in [4.69, 9.17) is 14.2 Å². The van der Waals surface area contributed by atoms with Gasteiger partial charge < -0.3 is 24.1 Å². The zero-order chi connectivity index (χ0) is 21.9. The van der Waals surface area contributed by atoms with E-state index in [1.807, 2.05) is 20.8 Å². The van der Waals surface area contributed by atoms with Crippen molar-refractivity contribution in [1.29, 1.82) is 0 Å². The summed E-state index contributed by atoms with van der Waals surface area (Å²) >= 11 is 3.37. The van der Waals surface area contributed by atoms with Crippen LogP contribution in [0.1, 0.15) is 44.0 Å². The van der Waals surface area contributed by atoms with E-state index in [1.165, 1.54) is 6.07 Å². The van der Waals surface area contributed by atoms with Gasteiger partial charge in [0, 0.05) is 35.4 Å². The molecule has 0 unspecified atom stereocenters. The van der Waals surface area contributed by atoms with Crippen LogP contribution in [0.25, 0.3) is 0 Å². The largest absolute Gasteiger partial charge is 0.490 e. The van der Waals surface area contributed by atoms with Gasteiger partial charge in [0.15, 0.2) is 11.5 Å². The van der Waals surface area contributed by atoms with Crippen LogP contribution in [-0.4, -0.2) is 36.8 Å². The molecule has 30 heavy (non-hydrogen) atoms. The standard InChI is InChI=1S/C22H29BrN2O5/c1-4-28-18-13-16(14-19(29-5-2)21(18)30-6-3)22(27)24-11-7-8-12-25-15-17(23)9-10-20(25)26/h9-10,13-15H,4-8,11-12H2,1-3H3,(H,24,27). The number of amides is 1. The van der Waals surface area contributed by atoms with Crippen molar-refractivity contribution < 1.29 is 19.0 Å². The maximum atomic E-state index is 12.6. The third-order valence-electron chi connectivity index (χ3n) is 4.23. The first-order chi connectivity index (χ1) is 14.5. The Hall–Kier alpha value is -2.48. The molecule has 0 saturated carbocycles. The van der Waals surface area contributed by atoms with Crippen LogP contribution < -0.4 is 25.1 Å². The molecule has 1 aromatic carbocycles. The molecule has 1 N–H and O–H groups in total. The normalized spacial score (nSPS) is 10.5. The monoisotopic (exact) mass is 480 g/mol. The quantitative estimate of drug-likeness (QED) is 0.464. The molecule has 1 amide bonds. The Morgan fingerprint density at radius 1 is 1.00 bits per heavy atom. The number of rotatable bonds is 12. The average Bonchev–Trinajstić information content (AvgIpc) is 2.72. The van der Waals surface area contributed by atoms with Crippen LogP contribution in [0.2, 0.25) is 0 Å². The third-order valence-corrected chi connectivity index (χ3v) is 4.70. The van der Waals surface area contributed by atoms with Crippen LogP contribution in [0.15, 0.2) is 39.7 Å². The van der Waals surface area contributed by atoms with Gasteiger partial charge in [0.1, 0.15) is 0 Å². The number of nitrogens with one attached hydrogen (secondary N) is 1. The predicted octanol–water partition coefficient (Wildman–Crippen LogP) is 4.02. The Labute approximate surface area is 185 Å². The molecule has 164 valence electrons. The van der Waals surface area contributed by atoms with E-state index in [-0.39, 0.29) is 11.5 Å². The topological polar surface area (TPSA) is 78.8 Å². The number of carbonyl (C=O) groups is 1. The van der Waals surface area contributed by atoms with Gasteiger partial charge >= 0.3 is 0 Å². The molecule has 0 aliphatic heterocycles. The molecular weight excluding hydrogens is 452 g/mol. The second kappa shape index (κ2) is 12.3. The zero-order valence-electron chi connectivity index (χ0n) is 17.7. The minimum atomic E-state index is -0.209. The van der Waals surface area contributed by atoms with Crippen LogP contribution >= 0.6 is 15.9 Å². The third kappa shape index (κ3) is 6.79. The van der Waals surface area contributed by atoms with Crippen LogP contribution in [0.4, 0.5) is 0 Å². The molecule has 0 aliphatic rings. The minimum absolute atomic E-state index is 0.0384. The number of pyridine rings is 1. The maximum absolute atomic E-state index is 12.6. The van der Waals surface area contributed by atoms with E-state index in [1.54, 1.807) is 29.0 Å². The summed E-state index contributed by atoms with van der Waals surface area (Å²) < 4.78 is 19.5. The first-order valence-corrected chi connectivity index (χ1v) is 11.0. The van der Waals surface area contributed by atoms with E-state index in [0.717, 1.165) is 17.3 Å². The molecule has 0 radical (unpaired) electrons. The van der Waals surface area contributed by atoms with Gasteiger partial charge in [0.25, 0.3) is 11.5 Å². The molecule has 0 spiro atoms. The van der Waals surface area contributed by atoms with Gasteiger partial charge in [-0.05, 0) is 67.7 Å². The molecule has 7 nitrogen and oxygen atoms in total. The highest BCUT2D eigenvalue weighted by Gasteiger charge is 2.18. The first kappa shape index (κ1) is 23.8. The average molecular weight is 481 g/mol. The molecule has 0 aliphatic carbocycles. The molecule has 0 bridgehead atoms. The summed E-state index contributed by atoms with van der Waals surface area (Å²) in [6, 6.07) is 6.60. The Bertz CT molecular complexity index is 870. The number of unbranched alkanes of at least 4 members (excludes halogenated alkanes) is 1. The Kier molecular flexibility index (Phi) is 9.73. The summed E-state index contributed by atoms with van der Waals surface area (Å²) in [6.45, 7) is 8.10. The van der Waals surface area contributed by atoms with E-state index < -0.39 is 0 Å². The summed E-state index contributed by atoms with van der Waals surface area (Å²) in [5, 5.41) is 2.91. The second-order valence-corrected chi connectivity index (χ2v) is 7.36. The highest BCUT2D eigenvalue weighted by Crippen LogP contribution is 2.39. The fourth-order valence-electron chi connectivity index (χ4n) is 2.91. The highest BCUT2D eigenvalue weighted by atomic mass is 79.9. The number of nitrogens with zero attached hydrogens (tertiary/aromatic N) is 1. The molecular formula is C22H29BrN2O5. The van der Waals surface area contributed by atoms with E-state index in [2.05, 4.69) is 21.2 Å². The summed E-state index contributed by atoms with van der Waals surface area (Å²) in [7, 11) is 0. The number of carbonyl (C=O) groups excluding carboxylic acids is 1. The van der Waals surface area contributed by atoms with Crippen LogP contribution in [-0.2, 0) is 6.54 Å². The fraction of sp³-hybridized carbons (Fsp3) is 0.455. The highest BCUT2D eigenvalue weighted by molar-refractivity contribution is 9.10. The Morgan fingerprint density at radius 2 is 1.63 bits per heavy atom. The molecule has 1 heterocycles. The van der Waals surface area contributed by atoms with E-state index in [9.17, 15) is 9.59 Å². The van der Waals surface area contributed by atoms with Crippen LogP contribution in [0.3, 0.4) is 0 Å². The van der Waals surface area contributed by atoms with Crippen molar-refractivity contribution in [3.05, 3.63) is 50.9 Å². The van der Waals surface area contributed by atoms with Crippen molar-refractivity contribution in [2.24, 2.45) is 0 Å². The molecule has 2 rings (SSSR count). The van der Waals surface area contributed by atoms with Crippen molar-refractivity contribution in [1.82, 2.24) is 9.88 Å². The van der Waals surface area contributed by atoms with Crippen LogP contribution in [0.5, 0.6) is 17.2 Å². The first-order valence-electron chi connectivity index (χ1n) is 10.2. The lowest BCUT2D eigenvalue weighted by molar-refractivity contribution is 0.0951. The smallest absolute Gasteiger partial charge is 0.251 e. The predicted molar refractivity (Wildman–Crippen MR) is 120 cm³/mol. The lowest BCUT2D eigenvalue weighted by Gasteiger charge is -2.17. The number of hydrogen-bond donors (Lipinski definition) is 1. The SMILES string of the molecule is CCOc1cc(C(=O)NCCCCn2cc(Br)ccc2=O)cc(OCC)c1OCC. The molecule has 1 aromatic heterocycles. The summed E-state index contributed by atoms with van der Waals surface area (Å²) in [5.41, 5.74) is 0.414. The molecule has 0 atom stereocenters. The van der Waals surface area contributed by atoms with Gasteiger partial charge in [0.2, 0.25) is 5.75 Å². The van der Waals surface area contributed by atoms with Crippen molar-refractivity contribution in [3.63, 3.8) is 0 Å². The van der Waals surface area contributed by atoms with Gasteiger partial charge in [0.05, 0.1) is 19.8 Å². The molecule has 2 aromatic rings. The van der Waals surface area contributed by atoms with Gasteiger partial charge in [-0.25, -0.2) is 0 Å². The van der Waals surface area contributed by atoms with Gasteiger partial charge in [-0.2, -0.15) is 0 Å². The lowest BCUT2D eigenvalue weighted by Crippen LogP contribution is -2.25.